The van der Waals surface area contributed by atoms with E-state index in [2.05, 4.69) is 55.6 Å². The third-order valence-electron chi connectivity index (χ3n) is 2.97. The van der Waals surface area contributed by atoms with E-state index in [0.29, 0.717) is 5.70 Å². The molecule has 8 nitrogen and oxygen atoms in total. The van der Waals surface area contributed by atoms with Crippen LogP contribution in [0.1, 0.15) is 109 Å². The molecule has 0 bridgehead atoms. The minimum Gasteiger partial charge on any atom is -0.403 e. The third-order valence-corrected chi connectivity index (χ3v) is 2.97. The van der Waals surface area contributed by atoms with Crippen molar-refractivity contribution in [1.29, 1.82) is 0 Å². The molecular weight excluding hydrogens is 496 g/mol. The fourth-order valence-corrected chi connectivity index (χ4v) is 1.51. The molecule has 0 amide bonds. The Morgan fingerprint density at radius 1 is 0.775 bits per heavy atom. The number of nitrogens with one attached hydrogen (secondary N) is 4. The maximum atomic E-state index is 4.92. The van der Waals surface area contributed by atoms with Crippen LogP contribution in [0.3, 0.4) is 0 Å². The number of nitrogens with zero attached hydrogens (tertiary/aromatic N) is 3. The SMILES string of the molecule is C=C(C)C.C=C(C)N.C=C(C)NC.CC.CC.CC.CC.CC1=NCCCN1.CC1=NCCN1.Cc1ncc[nH]1. The Bertz CT molecular complexity index is 640. The molecular formula is C32H72N8. The van der Waals surface area contributed by atoms with Crippen LogP contribution >= 0.6 is 0 Å². The molecule has 0 spiro atoms. The summed E-state index contributed by atoms with van der Waals surface area (Å²) in [4.78, 5) is 14.9. The van der Waals surface area contributed by atoms with E-state index < -0.39 is 0 Å². The highest BCUT2D eigenvalue weighted by atomic mass is 15.1. The number of amidine groups is 2. The number of H-pyrrole nitrogens is 1. The maximum Gasteiger partial charge on any atom is 0.102 e. The Hall–Kier alpha value is -3.03. The van der Waals surface area contributed by atoms with Gasteiger partial charge in [0.2, 0.25) is 0 Å². The maximum absolute atomic E-state index is 4.92. The quantitative estimate of drug-likeness (QED) is 0.220. The zero-order valence-electron chi connectivity index (χ0n) is 29.7. The van der Waals surface area contributed by atoms with Crippen LogP contribution in [0.2, 0.25) is 0 Å². The van der Waals surface area contributed by atoms with Gasteiger partial charge in [0.15, 0.2) is 0 Å². The second-order valence-corrected chi connectivity index (χ2v) is 7.40. The van der Waals surface area contributed by atoms with Crippen molar-refractivity contribution in [2.45, 2.75) is 110 Å². The summed E-state index contributed by atoms with van der Waals surface area (Å²) < 4.78 is 0. The zero-order chi connectivity index (χ0) is 33.4. The van der Waals surface area contributed by atoms with E-state index in [1.807, 2.05) is 104 Å². The van der Waals surface area contributed by atoms with E-state index in [-0.39, 0.29) is 0 Å². The first-order valence-corrected chi connectivity index (χ1v) is 14.7. The summed E-state index contributed by atoms with van der Waals surface area (Å²) in [7, 11) is 1.85. The fraction of sp³-hybridized carbons (Fsp3) is 0.656. The molecule has 3 rings (SSSR count). The Labute approximate surface area is 251 Å². The van der Waals surface area contributed by atoms with Crippen LogP contribution in [0.15, 0.2) is 59.1 Å². The number of aromatic nitrogens is 2. The lowest BCUT2D eigenvalue weighted by Gasteiger charge is -2.08. The van der Waals surface area contributed by atoms with Crippen LogP contribution in [0.5, 0.6) is 0 Å². The highest BCUT2D eigenvalue weighted by Crippen LogP contribution is 1.86. The van der Waals surface area contributed by atoms with Gasteiger partial charge in [-0.1, -0.05) is 74.1 Å². The number of hydrogen-bond acceptors (Lipinski definition) is 7. The van der Waals surface area contributed by atoms with Crippen LogP contribution in [0.4, 0.5) is 0 Å². The molecule has 240 valence electrons. The molecule has 0 saturated heterocycles. The van der Waals surface area contributed by atoms with E-state index >= 15 is 0 Å². The average Bonchev–Trinajstić information content (AvgIpc) is 3.63. The normalized spacial score (nSPS) is 10.6. The third kappa shape index (κ3) is 91.8. The van der Waals surface area contributed by atoms with Crippen LogP contribution in [0, 0.1) is 6.92 Å². The summed E-state index contributed by atoms with van der Waals surface area (Å²) in [5, 5.41) is 9.03. The number of aryl methyl sites for hydroxylation is 1. The van der Waals surface area contributed by atoms with E-state index in [0.717, 1.165) is 49.4 Å². The van der Waals surface area contributed by atoms with Gasteiger partial charge in [0.05, 0.1) is 18.2 Å². The van der Waals surface area contributed by atoms with Crippen molar-refractivity contribution in [2.24, 2.45) is 15.7 Å². The minimum atomic E-state index is 0.667. The average molecular weight is 569 g/mol. The largest absolute Gasteiger partial charge is 0.403 e. The molecule has 0 aliphatic carbocycles. The Morgan fingerprint density at radius 2 is 1.12 bits per heavy atom. The molecule has 2 aliphatic heterocycles. The van der Waals surface area contributed by atoms with E-state index in [1.165, 1.54) is 12.0 Å². The number of rotatable bonds is 1. The van der Waals surface area contributed by atoms with E-state index in [1.54, 1.807) is 19.3 Å². The molecule has 0 aromatic carbocycles. The number of aromatic amines is 1. The Balaban J connectivity index is -0.0000000628. The molecule has 40 heavy (non-hydrogen) atoms. The molecule has 6 N–H and O–H groups in total. The lowest BCUT2D eigenvalue weighted by atomic mass is 10.4. The van der Waals surface area contributed by atoms with Gasteiger partial charge in [0.1, 0.15) is 5.82 Å². The first-order valence-electron chi connectivity index (χ1n) is 14.7. The molecule has 0 fully saturated rings. The number of imidazole rings is 1. The van der Waals surface area contributed by atoms with Crippen molar-refractivity contribution >= 4 is 11.7 Å². The van der Waals surface area contributed by atoms with Gasteiger partial charge in [0.25, 0.3) is 0 Å². The topological polar surface area (TPSA) is 116 Å². The fourth-order valence-electron chi connectivity index (χ4n) is 1.51. The number of nitrogens with two attached hydrogens (primary N) is 1. The lowest BCUT2D eigenvalue weighted by Crippen LogP contribution is -2.26. The van der Waals surface area contributed by atoms with Gasteiger partial charge < -0.3 is 26.7 Å². The van der Waals surface area contributed by atoms with Crippen molar-refractivity contribution in [3.8, 4) is 0 Å². The summed E-state index contributed by atoms with van der Waals surface area (Å²) >= 11 is 0. The summed E-state index contributed by atoms with van der Waals surface area (Å²) in [6.07, 6.45) is 4.72. The second-order valence-electron chi connectivity index (χ2n) is 7.40. The second kappa shape index (κ2) is 52.4. The first-order chi connectivity index (χ1) is 18.9. The zero-order valence-corrected chi connectivity index (χ0v) is 29.7. The summed E-state index contributed by atoms with van der Waals surface area (Å²) in [5.74, 6) is 3.14. The van der Waals surface area contributed by atoms with Gasteiger partial charge in [-0.3, -0.25) is 9.98 Å². The highest BCUT2D eigenvalue weighted by molar-refractivity contribution is 5.80. The summed E-state index contributed by atoms with van der Waals surface area (Å²) in [5.41, 5.74) is 7.75. The molecule has 3 heterocycles. The molecule has 1 aromatic heterocycles. The standard InChI is InChI=1S/C5H10N2.C4H8N2.C4H6N2.C4H9N.C4H8.C3H7N.4C2H6/c1-5-6-3-2-4-7-5;2*1-4-5-2-3-6-4;1-4(2)5-3;1-4(2)3;1-3(2)4;4*1-2/h2-4H2,1H3,(H,6,7);2-3H2,1H3,(H,5,6);2-3H,1H3,(H,5,6);5H,1H2,2-3H3;1H2,2-3H3;1,4H2,2H3;4*1-2H3. The van der Waals surface area contributed by atoms with Crippen LogP contribution < -0.4 is 21.7 Å². The van der Waals surface area contributed by atoms with Gasteiger partial charge in [-0.25, -0.2) is 4.98 Å². The smallest absolute Gasteiger partial charge is 0.102 e. The monoisotopic (exact) mass is 569 g/mol. The molecule has 8 heteroatoms. The lowest BCUT2D eigenvalue weighted by molar-refractivity contribution is 0.739. The number of aliphatic imine (C=N–C) groups is 2. The highest BCUT2D eigenvalue weighted by Gasteiger charge is 1.94. The predicted molar refractivity (Wildman–Crippen MR) is 189 cm³/mol. The van der Waals surface area contributed by atoms with Gasteiger partial charge in [-0.2, -0.15) is 0 Å². The molecule has 1 aromatic rings. The molecule has 0 saturated carbocycles. The van der Waals surface area contributed by atoms with Gasteiger partial charge >= 0.3 is 0 Å². The molecule has 2 aliphatic rings. The van der Waals surface area contributed by atoms with Crippen LogP contribution in [-0.4, -0.2) is 54.9 Å². The van der Waals surface area contributed by atoms with Crippen LogP contribution in [-0.2, 0) is 0 Å². The Morgan fingerprint density at radius 3 is 1.23 bits per heavy atom. The van der Waals surface area contributed by atoms with Crippen molar-refractivity contribution in [3.63, 3.8) is 0 Å². The first kappa shape index (κ1) is 53.3. The molecule has 0 radical (unpaired) electrons. The minimum absolute atomic E-state index is 0.667. The van der Waals surface area contributed by atoms with E-state index in [4.69, 9.17) is 5.73 Å². The molecule has 0 unspecified atom stereocenters. The summed E-state index contributed by atoms with van der Waals surface area (Å²) in [6, 6.07) is 0. The van der Waals surface area contributed by atoms with Crippen molar-refractivity contribution in [1.82, 2.24) is 25.9 Å². The molecule has 0 atom stereocenters. The van der Waals surface area contributed by atoms with Gasteiger partial charge in [-0.05, 0) is 66.3 Å². The van der Waals surface area contributed by atoms with Crippen molar-refractivity contribution in [2.75, 3.05) is 33.2 Å². The van der Waals surface area contributed by atoms with Crippen molar-refractivity contribution < 1.29 is 0 Å². The van der Waals surface area contributed by atoms with Crippen LogP contribution in [0.25, 0.3) is 0 Å². The Kier molecular flexibility index (Phi) is 69.8. The summed E-state index contributed by atoms with van der Waals surface area (Å²) in [6.45, 7) is 44.1. The number of allylic oxidation sites excluding steroid dienone is 3. The van der Waals surface area contributed by atoms with Crippen molar-refractivity contribution in [3.05, 3.63) is 54.9 Å². The van der Waals surface area contributed by atoms with Gasteiger partial charge in [-0.15, -0.1) is 6.58 Å². The number of hydrogen-bond donors (Lipinski definition) is 5. The predicted octanol–water partition coefficient (Wildman–Crippen LogP) is 8.03. The van der Waals surface area contributed by atoms with Gasteiger partial charge in [0, 0.05) is 39.1 Å². The van der Waals surface area contributed by atoms with E-state index in [9.17, 15) is 0 Å².